The number of esters is 1. The van der Waals surface area contributed by atoms with E-state index in [-0.39, 0.29) is 18.4 Å². The highest BCUT2D eigenvalue weighted by Gasteiger charge is 2.15. The Kier molecular flexibility index (Phi) is 10.2. The average Bonchev–Trinajstić information content (AvgIpc) is 3.30. The van der Waals surface area contributed by atoms with Gasteiger partial charge in [0.25, 0.3) is 0 Å². The Hall–Kier alpha value is -4.06. The molecule has 1 heterocycles. The Morgan fingerprint density at radius 2 is 1.59 bits per heavy atom. The van der Waals surface area contributed by atoms with Crippen molar-refractivity contribution in [2.75, 3.05) is 20.2 Å². The van der Waals surface area contributed by atoms with Crippen molar-refractivity contribution in [1.29, 1.82) is 0 Å². The summed E-state index contributed by atoms with van der Waals surface area (Å²) in [4.78, 5) is 26.7. The number of nitrogens with zero attached hydrogens (tertiary/aromatic N) is 2. The van der Waals surface area contributed by atoms with Crippen molar-refractivity contribution in [3.05, 3.63) is 102 Å². The molecule has 0 unspecified atom stereocenters. The van der Waals surface area contributed by atoms with Crippen LogP contribution >= 0.6 is 0 Å². The molecule has 0 radical (unpaired) electrons. The van der Waals surface area contributed by atoms with Gasteiger partial charge in [0, 0.05) is 37.1 Å². The molecule has 6 heteroatoms. The molecule has 204 valence electrons. The first-order chi connectivity index (χ1) is 19.0. The predicted molar refractivity (Wildman–Crippen MR) is 155 cm³/mol. The van der Waals surface area contributed by atoms with E-state index in [1.54, 1.807) is 4.90 Å². The SMILES string of the molecule is CCOC(=O)CCCCc1cn(CC(=O)N(C)CCc2ccccc2)c2ccc(OCc3ccccc3)cc12. The summed E-state index contributed by atoms with van der Waals surface area (Å²) < 4.78 is 13.2. The van der Waals surface area contributed by atoms with Crippen LogP contribution in [-0.2, 0) is 40.3 Å². The number of aromatic nitrogens is 1. The fourth-order valence-electron chi connectivity index (χ4n) is 4.66. The van der Waals surface area contributed by atoms with Crippen molar-refractivity contribution < 1.29 is 19.1 Å². The van der Waals surface area contributed by atoms with E-state index in [9.17, 15) is 9.59 Å². The highest BCUT2D eigenvalue weighted by atomic mass is 16.5. The number of amides is 1. The standard InChI is InChI=1S/C33H38N2O4/c1-3-38-33(37)17-11-10-16-28-23-35(24-32(36)34(2)21-20-26-12-6-4-7-13-26)31-19-18-29(22-30(28)31)39-25-27-14-8-5-9-15-27/h4-9,12-15,18-19,22-23H,3,10-11,16-17,20-21,24-25H2,1-2H3. The second kappa shape index (κ2) is 14.2. The molecule has 0 aliphatic rings. The molecule has 1 aromatic heterocycles. The molecule has 0 spiro atoms. The van der Waals surface area contributed by atoms with Gasteiger partial charge < -0.3 is 18.9 Å². The summed E-state index contributed by atoms with van der Waals surface area (Å²) in [5.41, 5.74) is 4.49. The van der Waals surface area contributed by atoms with Gasteiger partial charge in [0.2, 0.25) is 5.91 Å². The lowest BCUT2D eigenvalue weighted by atomic mass is 10.1. The first-order valence-corrected chi connectivity index (χ1v) is 13.8. The minimum Gasteiger partial charge on any atom is -0.489 e. The Morgan fingerprint density at radius 3 is 2.31 bits per heavy atom. The van der Waals surface area contributed by atoms with E-state index in [4.69, 9.17) is 9.47 Å². The average molecular weight is 527 g/mol. The van der Waals surface area contributed by atoms with Crippen LogP contribution in [0.1, 0.15) is 42.9 Å². The zero-order valence-electron chi connectivity index (χ0n) is 23.0. The van der Waals surface area contributed by atoms with Gasteiger partial charge in [-0.3, -0.25) is 9.59 Å². The number of benzene rings is 3. The van der Waals surface area contributed by atoms with E-state index in [1.165, 1.54) is 5.56 Å². The van der Waals surface area contributed by atoms with Gasteiger partial charge in [0.15, 0.2) is 0 Å². The molecule has 0 N–H and O–H groups in total. The number of rotatable bonds is 14. The third kappa shape index (κ3) is 8.21. The molecule has 0 bridgehead atoms. The number of aryl methyl sites for hydroxylation is 1. The van der Waals surface area contributed by atoms with Gasteiger partial charge in [0.05, 0.1) is 6.61 Å². The lowest BCUT2D eigenvalue weighted by molar-refractivity contribution is -0.143. The van der Waals surface area contributed by atoms with Gasteiger partial charge in [-0.15, -0.1) is 0 Å². The highest BCUT2D eigenvalue weighted by molar-refractivity contribution is 5.87. The Balaban J connectivity index is 1.46. The molecule has 0 saturated heterocycles. The lowest BCUT2D eigenvalue weighted by Gasteiger charge is -2.18. The highest BCUT2D eigenvalue weighted by Crippen LogP contribution is 2.28. The van der Waals surface area contributed by atoms with Crippen LogP contribution in [0.4, 0.5) is 0 Å². The van der Waals surface area contributed by atoms with Crippen molar-refractivity contribution in [3.8, 4) is 5.75 Å². The maximum atomic E-state index is 13.1. The third-order valence-corrected chi connectivity index (χ3v) is 6.88. The number of fused-ring (bicyclic) bond motifs is 1. The van der Waals surface area contributed by atoms with E-state index in [0.717, 1.165) is 53.5 Å². The topological polar surface area (TPSA) is 60.8 Å². The number of carbonyl (C=O) groups excluding carboxylic acids is 2. The number of unbranched alkanes of at least 4 members (excludes halogenated alkanes) is 1. The first kappa shape index (κ1) is 28.0. The Morgan fingerprint density at radius 1 is 0.872 bits per heavy atom. The maximum Gasteiger partial charge on any atom is 0.305 e. The smallest absolute Gasteiger partial charge is 0.305 e. The predicted octanol–water partition coefficient (Wildman–Crippen LogP) is 6.20. The molecule has 0 atom stereocenters. The molecule has 4 rings (SSSR count). The maximum absolute atomic E-state index is 13.1. The summed E-state index contributed by atoms with van der Waals surface area (Å²) in [6.45, 7) is 3.66. The van der Waals surface area contributed by atoms with Crippen molar-refractivity contribution >= 4 is 22.8 Å². The van der Waals surface area contributed by atoms with Crippen molar-refractivity contribution in [1.82, 2.24) is 9.47 Å². The molecule has 3 aromatic carbocycles. The monoisotopic (exact) mass is 526 g/mol. The van der Waals surface area contributed by atoms with Crippen LogP contribution in [0.15, 0.2) is 85.1 Å². The Bertz CT molecular complexity index is 1350. The quantitative estimate of drug-likeness (QED) is 0.145. The van der Waals surface area contributed by atoms with E-state index in [2.05, 4.69) is 24.4 Å². The second-order valence-electron chi connectivity index (χ2n) is 9.80. The fourth-order valence-corrected chi connectivity index (χ4v) is 4.66. The van der Waals surface area contributed by atoms with E-state index in [1.807, 2.05) is 79.2 Å². The summed E-state index contributed by atoms with van der Waals surface area (Å²) in [6, 6.07) is 26.4. The van der Waals surface area contributed by atoms with E-state index in [0.29, 0.717) is 26.2 Å². The normalized spacial score (nSPS) is 10.9. The van der Waals surface area contributed by atoms with Crippen molar-refractivity contribution in [2.24, 2.45) is 0 Å². The van der Waals surface area contributed by atoms with Gasteiger partial charge in [-0.25, -0.2) is 0 Å². The Labute approximate surface area is 231 Å². The van der Waals surface area contributed by atoms with Crippen LogP contribution in [0, 0.1) is 0 Å². The van der Waals surface area contributed by atoms with Gasteiger partial charge >= 0.3 is 5.97 Å². The molecule has 0 aliphatic carbocycles. The number of likely N-dealkylation sites (N-methyl/N-ethyl adjacent to an activating group) is 1. The van der Waals surface area contributed by atoms with E-state index >= 15 is 0 Å². The van der Waals surface area contributed by atoms with Crippen LogP contribution in [0.5, 0.6) is 5.75 Å². The van der Waals surface area contributed by atoms with Gasteiger partial charge in [0.1, 0.15) is 18.9 Å². The molecule has 6 nitrogen and oxygen atoms in total. The minimum atomic E-state index is -0.152. The molecular formula is C33H38N2O4. The molecule has 0 aliphatic heterocycles. The second-order valence-corrected chi connectivity index (χ2v) is 9.80. The summed E-state index contributed by atoms with van der Waals surface area (Å²) in [5.74, 6) is 0.713. The number of ether oxygens (including phenoxy) is 2. The summed E-state index contributed by atoms with van der Waals surface area (Å²) in [5, 5.41) is 1.08. The number of hydrogen-bond donors (Lipinski definition) is 0. The van der Waals surface area contributed by atoms with Crippen LogP contribution in [-0.4, -0.2) is 41.5 Å². The molecule has 0 fully saturated rings. The fraction of sp³-hybridized carbons (Fsp3) is 0.333. The van der Waals surface area contributed by atoms with Crippen molar-refractivity contribution in [3.63, 3.8) is 0 Å². The number of hydrogen-bond acceptors (Lipinski definition) is 4. The third-order valence-electron chi connectivity index (χ3n) is 6.88. The van der Waals surface area contributed by atoms with Crippen LogP contribution in [0.25, 0.3) is 10.9 Å². The largest absolute Gasteiger partial charge is 0.489 e. The summed E-state index contributed by atoms with van der Waals surface area (Å²) in [7, 11) is 1.86. The molecule has 0 saturated carbocycles. The van der Waals surface area contributed by atoms with E-state index < -0.39 is 0 Å². The molecule has 39 heavy (non-hydrogen) atoms. The van der Waals surface area contributed by atoms with Crippen LogP contribution in [0.3, 0.4) is 0 Å². The zero-order chi connectivity index (χ0) is 27.5. The molecule has 1 amide bonds. The zero-order valence-corrected chi connectivity index (χ0v) is 23.0. The lowest BCUT2D eigenvalue weighted by Crippen LogP contribution is -2.31. The molecular weight excluding hydrogens is 488 g/mol. The van der Waals surface area contributed by atoms with Crippen molar-refractivity contribution in [2.45, 2.75) is 52.2 Å². The van der Waals surface area contributed by atoms with Gasteiger partial charge in [-0.1, -0.05) is 60.7 Å². The minimum absolute atomic E-state index is 0.0705. The summed E-state index contributed by atoms with van der Waals surface area (Å²) >= 11 is 0. The number of carbonyl (C=O) groups is 2. The van der Waals surface area contributed by atoms with Crippen LogP contribution < -0.4 is 4.74 Å². The van der Waals surface area contributed by atoms with Gasteiger partial charge in [-0.2, -0.15) is 0 Å². The van der Waals surface area contributed by atoms with Crippen LogP contribution in [0.2, 0.25) is 0 Å². The van der Waals surface area contributed by atoms with Gasteiger partial charge in [-0.05, 0) is 67.5 Å². The molecule has 4 aromatic rings. The first-order valence-electron chi connectivity index (χ1n) is 13.8. The summed E-state index contributed by atoms with van der Waals surface area (Å²) in [6.07, 6.45) is 5.75.